The Morgan fingerprint density at radius 2 is 0.711 bits per heavy atom. The number of carbonyl (C=O) groups is 4. The summed E-state index contributed by atoms with van der Waals surface area (Å²) < 4.78 is 55.4. The van der Waals surface area contributed by atoms with Crippen LogP contribution in [0.5, 0.6) is 0 Å². The number of rotatable bonds is 75. The molecular weight excluding hydrogens is 1480 g/mol. The first-order chi connectivity index (χ1) is 55.1. The fourth-order valence-corrected chi connectivity index (χ4v) is 17.1. The number of amides is 2. The van der Waals surface area contributed by atoms with Gasteiger partial charge in [0.25, 0.3) is 0 Å². The van der Waals surface area contributed by atoms with Gasteiger partial charge in [0, 0.05) is 18.8 Å². The lowest BCUT2D eigenvalue weighted by atomic mass is 9.89. The van der Waals surface area contributed by atoms with Crippen molar-refractivity contribution in [3.8, 4) is 0 Å². The van der Waals surface area contributed by atoms with E-state index in [0.717, 1.165) is 116 Å². The molecule has 0 aromatic heterocycles. The van der Waals surface area contributed by atoms with Gasteiger partial charge < -0.3 is 90.9 Å². The van der Waals surface area contributed by atoms with Crippen molar-refractivity contribution in [3.05, 3.63) is 0 Å². The van der Waals surface area contributed by atoms with Crippen molar-refractivity contribution < 1.29 is 107 Å². The molecule has 0 radical (unpaired) electrons. The van der Waals surface area contributed by atoms with E-state index < -0.39 is 168 Å². The second-order valence-electron chi connectivity index (χ2n) is 33.8. The maximum absolute atomic E-state index is 14.5. The van der Waals surface area contributed by atoms with Crippen LogP contribution in [0.3, 0.4) is 0 Å². The second kappa shape index (κ2) is 67.2. The Morgan fingerprint density at radius 1 is 0.386 bits per heavy atom. The molecule has 1 unspecified atom stereocenters. The zero-order valence-electron chi connectivity index (χ0n) is 71.6. The summed E-state index contributed by atoms with van der Waals surface area (Å²) >= 11 is 0. The van der Waals surface area contributed by atoms with E-state index in [9.17, 15) is 74.6 Å². The number of phosphoric acid groups is 1. The van der Waals surface area contributed by atoms with E-state index in [1.807, 2.05) is 0 Å². The maximum Gasteiger partial charge on any atom is 0.477 e. The molecule has 3 heterocycles. The molecule has 14 N–H and O–H groups in total. The van der Waals surface area contributed by atoms with Gasteiger partial charge in [0.05, 0.1) is 50.9 Å². The molecule has 114 heavy (non-hydrogen) atoms. The summed E-state index contributed by atoms with van der Waals surface area (Å²) in [5.41, 5.74) is 6.12. The Bertz CT molecular complexity index is 2410. The number of esters is 1. The lowest BCUT2D eigenvalue weighted by Crippen LogP contribution is -2.67. The summed E-state index contributed by atoms with van der Waals surface area (Å²) in [6, 6.07) is -5.27. The van der Waals surface area contributed by atoms with E-state index in [-0.39, 0.29) is 25.0 Å². The highest BCUT2D eigenvalue weighted by molar-refractivity contribution is 7.47. The van der Waals surface area contributed by atoms with Gasteiger partial charge in [-0.25, -0.2) is 4.57 Å². The van der Waals surface area contributed by atoms with E-state index >= 15 is 0 Å². The Labute approximate surface area is 688 Å². The summed E-state index contributed by atoms with van der Waals surface area (Å²) in [7, 11) is -5.71. The van der Waals surface area contributed by atoms with Gasteiger partial charge in [-0.3, -0.25) is 28.2 Å². The first-order valence-electron chi connectivity index (χ1n) is 46.5. The number of aliphatic hydroxyl groups excluding tert-OH is 9. The van der Waals surface area contributed by atoms with Crippen LogP contribution in [0.2, 0.25) is 0 Å². The summed E-state index contributed by atoms with van der Waals surface area (Å²) in [5.74, 6) is -3.37. The summed E-state index contributed by atoms with van der Waals surface area (Å²) in [6.07, 6.45) is 33.4. The third-order valence-electron chi connectivity index (χ3n) is 23.5. The van der Waals surface area contributed by atoms with Gasteiger partial charge in [0.15, 0.2) is 25.0 Å². The minimum absolute atomic E-state index is 0.0473. The molecule has 0 aromatic rings. The second-order valence-corrected chi connectivity index (χ2v) is 35.2. The van der Waals surface area contributed by atoms with Crippen molar-refractivity contribution in [3.63, 3.8) is 0 Å². The van der Waals surface area contributed by atoms with E-state index in [1.165, 1.54) is 193 Å². The quantitative estimate of drug-likeness (QED) is 0.0153. The fraction of sp³-hybridized carbons (Fsp3) is 0.955. The molecule has 3 aliphatic heterocycles. The number of ketones is 1. The van der Waals surface area contributed by atoms with Crippen molar-refractivity contribution in [1.29, 1.82) is 0 Å². The molecule has 0 aromatic carbocycles. The highest BCUT2D eigenvalue weighted by atomic mass is 31.2. The van der Waals surface area contributed by atoms with Gasteiger partial charge in [-0.05, 0) is 25.7 Å². The number of nitrogens with two attached hydrogens (primary N) is 1. The van der Waals surface area contributed by atoms with Crippen LogP contribution in [0.15, 0.2) is 0 Å². The highest BCUT2D eigenvalue weighted by Gasteiger charge is 2.54. The molecule has 3 saturated heterocycles. The number of phosphoric ester groups is 1. The zero-order chi connectivity index (χ0) is 83.4. The predicted octanol–water partition coefficient (Wildman–Crippen LogP) is 15.3. The smallest absolute Gasteiger partial charge is 0.457 e. The average Bonchev–Trinajstić information content (AvgIpc) is 0.795. The molecule has 0 saturated carbocycles. The van der Waals surface area contributed by atoms with Crippen molar-refractivity contribution in [2.45, 2.75) is 511 Å². The van der Waals surface area contributed by atoms with Gasteiger partial charge >= 0.3 is 13.8 Å². The van der Waals surface area contributed by atoms with E-state index in [2.05, 4.69) is 38.3 Å². The number of hydrogen-bond acceptors (Lipinski definition) is 22. The summed E-state index contributed by atoms with van der Waals surface area (Å²) in [6.45, 7) is 6.26. The lowest BCUT2D eigenvalue weighted by molar-refractivity contribution is -0.298. The van der Waals surface area contributed by atoms with Crippen LogP contribution in [0, 0.1) is 5.92 Å². The van der Waals surface area contributed by atoms with Crippen LogP contribution in [0.25, 0.3) is 0 Å². The third-order valence-corrected chi connectivity index (χ3v) is 24.4. The Hall–Kier alpha value is -2.37. The van der Waals surface area contributed by atoms with Gasteiger partial charge in [-0.1, -0.05) is 355 Å². The van der Waals surface area contributed by atoms with Crippen LogP contribution in [-0.4, -0.2) is 198 Å². The van der Waals surface area contributed by atoms with Gasteiger partial charge in [-0.2, -0.15) is 0 Å². The number of unbranched alkanes of at least 4 members (excludes halogenated alkanes) is 48. The standard InChI is InChI=1S/C88H168N3O22P/c1-5-9-13-17-21-25-29-33-37-41-45-49-53-57-67(70(96)60-56-52-48-44-40-36-32-28-24-20-16-12-8-4)61-74(97)90-78-84(104)81(101)72(65-93)109-87(78)107-66-73-82(102)85(111-76(99)63-69(95)59-55-51-47-43-39-35-31-27-23-19-15-11-7-3)79(88(110-73)113-114(105,106)112-86-77(89)83(103)80(100)71(64-92)108-86)91-75(98)62-68(94)58-54-50-46-42-38-34-30-26-22-18-14-10-6-2/h67-69,71-73,77-88,92-95,100-104H,5-66,89H2,1-4H3,(H,90,97)(H,91,98)(H,105,106)/t67-,68-,69-,71+,72-,73-,77+,78-,79-,80-,81-,82-,83+,84-,85-,86+,87-,88+/m1/s1. The number of ether oxygens (including phenoxy) is 5. The minimum Gasteiger partial charge on any atom is -0.457 e. The molecule has 0 spiro atoms. The third kappa shape index (κ3) is 47.7. The van der Waals surface area contributed by atoms with Gasteiger partial charge in [-0.15, -0.1) is 0 Å². The van der Waals surface area contributed by atoms with Crippen molar-refractivity contribution in [2.75, 3.05) is 19.8 Å². The Balaban J connectivity index is 1.92. The SMILES string of the molecule is CCCCCCCCCCCCCCCC(=O)[C@H](CCCCCCCCCCCCCCC)CC(=O)N[C@H]1[C@H](OC[C@H]2O[C@@H](OP(=O)(O)O[C@@H]3O[C@@H](CO)[C@@H](O)[C@@H](O)[C@@H]3N)[C@H](NC(=O)C[C@H](O)CCCCCCCCCCCCCCC)[C@@H](OC(=O)C[C@H](O)CCCCCCCCCCCCCCC)[C@@H]2O)O[C@H](CO)[C@@H](O)[C@@H]1O. The van der Waals surface area contributed by atoms with Crippen molar-refractivity contribution in [1.82, 2.24) is 10.6 Å². The molecule has 0 bridgehead atoms. The molecule has 3 rings (SSSR count). The molecule has 25 nitrogen and oxygen atoms in total. The first kappa shape index (κ1) is 106. The maximum atomic E-state index is 14.5. The van der Waals surface area contributed by atoms with Crippen LogP contribution in [0.4, 0.5) is 0 Å². The zero-order valence-corrected chi connectivity index (χ0v) is 72.5. The number of hydrogen-bond donors (Lipinski definition) is 13. The van der Waals surface area contributed by atoms with Crippen LogP contribution >= 0.6 is 7.82 Å². The summed E-state index contributed by atoms with van der Waals surface area (Å²) in [4.78, 5) is 68.8. The Morgan fingerprint density at radius 3 is 1.11 bits per heavy atom. The molecule has 672 valence electrons. The molecule has 0 aliphatic carbocycles. The topological polar surface area (TPSA) is 402 Å². The minimum atomic E-state index is -5.71. The van der Waals surface area contributed by atoms with Crippen LogP contribution < -0.4 is 16.4 Å². The molecule has 3 fully saturated rings. The predicted molar refractivity (Wildman–Crippen MR) is 445 cm³/mol. The molecule has 2 amide bonds. The van der Waals surface area contributed by atoms with Crippen molar-refractivity contribution in [2.24, 2.45) is 11.7 Å². The van der Waals surface area contributed by atoms with Gasteiger partial charge in [0.2, 0.25) is 11.8 Å². The highest BCUT2D eigenvalue weighted by Crippen LogP contribution is 2.49. The normalized spacial score (nSPS) is 25.3. The number of nitrogens with one attached hydrogen (secondary N) is 2. The lowest BCUT2D eigenvalue weighted by Gasteiger charge is -2.46. The first-order valence-corrected chi connectivity index (χ1v) is 48.0. The molecule has 26 heteroatoms. The summed E-state index contributed by atoms with van der Waals surface area (Å²) in [5, 5.41) is 105. The molecule has 3 aliphatic rings. The fourth-order valence-electron chi connectivity index (χ4n) is 16.1. The van der Waals surface area contributed by atoms with E-state index in [4.69, 9.17) is 38.5 Å². The largest absolute Gasteiger partial charge is 0.477 e. The van der Waals surface area contributed by atoms with Gasteiger partial charge in [0.1, 0.15) is 66.7 Å². The van der Waals surface area contributed by atoms with Crippen LogP contribution in [0.1, 0.15) is 407 Å². The van der Waals surface area contributed by atoms with Crippen LogP contribution in [-0.2, 0) is 56.5 Å². The number of carbonyl (C=O) groups excluding carboxylic acids is 4. The molecule has 19 atom stereocenters. The van der Waals surface area contributed by atoms with Crippen molar-refractivity contribution >= 4 is 31.4 Å². The number of aliphatic hydroxyl groups is 9. The molecular formula is C88H168N3O22P. The average molecular weight is 1650 g/mol. The Kier molecular flexibility index (Phi) is 62.4. The monoisotopic (exact) mass is 1650 g/mol. The van der Waals surface area contributed by atoms with E-state index in [0.29, 0.717) is 38.5 Å². The number of Topliss-reactive ketones (excluding diaryl/α,β-unsaturated/α-hetero) is 1. The van der Waals surface area contributed by atoms with E-state index in [1.54, 1.807) is 0 Å².